The van der Waals surface area contributed by atoms with Gasteiger partial charge >= 0.3 is 0 Å². The van der Waals surface area contributed by atoms with Crippen molar-refractivity contribution in [3.05, 3.63) is 59.9 Å². The summed E-state index contributed by atoms with van der Waals surface area (Å²) in [5.41, 5.74) is 2.13. The lowest BCUT2D eigenvalue weighted by atomic mass is 9.87. The first-order chi connectivity index (χ1) is 10.3. The molecule has 0 atom stereocenters. The van der Waals surface area contributed by atoms with E-state index in [-0.39, 0.29) is 5.41 Å². The fourth-order valence-corrected chi connectivity index (χ4v) is 3.13. The van der Waals surface area contributed by atoms with Crippen LogP contribution in [-0.4, -0.2) is 19.9 Å². The summed E-state index contributed by atoms with van der Waals surface area (Å²) in [4.78, 5) is 4.31. The topological polar surface area (TPSA) is 59.1 Å². The predicted molar refractivity (Wildman–Crippen MR) is 88.3 cm³/mol. The van der Waals surface area contributed by atoms with Crippen molar-refractivity contribution < 1.29 is 8.42 Å². The Morgan fingerprint density at radius 3 is 2.32 bits per heavy atom. The van der Waals surface area contributed by atoms with Crippen LogP contribution in [0.25, 0.3) is 0 Å². The SMILES string of the molecule is CC(C)(C)c1ccc(S(=O)(=O)NCCc2cccnc2)cc1. The van der Waals surface area contributed by atoms with E-state index in [9.17, 15) is 8.42 Å². The van der Waals surface area contributed by atoms with Crippen LogP contribution in [-0.2, 0) is 21.9 Å². The molecule has 1 heterocycles. The maximum absolute atomic E-state index is 12.3. The molecule has 2 rings (SSSR count). The van der Waals surface area contributed by atoms with Gasteiger partial charge in [-0.3, -0.25) is 4.98 Å². The van der Waals surface area contributed by atoms with E-state index in [1.165, 1.54) is 0 Å². The number of hydrogen-bond donors (Lipinski definition) is 1. The smallest absolute Gasteiger partial charge is 0.240 e. The van der Waals surface area contributed by atoms with Crippen LogP contribution < -0.4 is 4.72 Å². The van der Waals surface area contributed by atoms with E-state index in [0.717, 1.165) is 11.1 Å². The van der Waals surface area contributed by atoms with Crippen LogP contribution in [0.5, 0.6) is 0 Å². The minimum Gasteiger partial charge on any atom is -0.264 e. The number of pyridine rings is 1. The zero-order chi connectivity index (χ0) is 16.2. The zero-order valence-corrected chi connectivity index (χ0v) is 14.0. The molecule has 0 aliphatic heterocycles. The first-order valence-electron chi connectivity index (χ1n) is 7.28. The summed E-state index contributed by atoms with van der Waals surface area (Å²) >= 11 is 0. The van der Waals surface area contributed by atoms with Gasteiger partial charge in [0.1, 0.15) is 0 Å². The molecule has 0 aliphatic rings. The van der Waals surface area contributed by atoms with Crippen molar-refractivity contribution in [1.29, 1.82) is 0 Å². The summed E-state index contributed by atoms with van der Waals surface area (Å²) in [5, 5.41) is 0. The highest BCUT2D eigenvalue weighted by atomic mass is 32.2. The van der Waals surface area contributed by atoms with E-state index in [1.807, 2.05) is 24.3 Å². The number of nitrogens with zero attached hydrogens (tertiary/aromatic N) is 1. The van der Waals surface area contributed by atoms with Crippen LogP contribution in [0, 0.1) is 0 Å². The van der Waals surface area contributed by atoms with Crippen molar-refractivity contribution in [3.8, 4) is 0 Å². The van der Waals surface area contributed by atoms with E-state index in [1.54, 1.807) is 24.5 Å². The molecule has 1 N–H and O–H groups in total. The number of nitrogens with one attached hydrogen (secondary N) is 1. The van der Waals surface area contributed by atoms with Gasteiger partial charge in [-0.05, 0) is 41.2 Å². The van der Waals surface area contributed by atoms with E-state index in [2.05, 4.69) is 30.5 Å². The lowest BCUT2D eigenvalue weighted by Gasteiger charge is -2.19. The molecule has 1 aromatic carbocycles. The molecule has 2 aromatic rings. The molecular weight excluding hydrogens is 296 g/mol. The fraction of sp³-hybridized carbons (Fsp3) is 0.353. The lowest BCUT2D eigenvalue weighted by Crippen LogP contribution is -2.26. The Morgan fingerprint density at radius 2 is 1.77 bits per heavy atom. The number of benzene rings is 1. The van der Waals surface area contributed by atoms with Crippen molar-refractivity contribution in [1.82, 2.24) is 9.71 Å². The van der Waals surface area contributed by atoms with E-state index < -0.39 is 10.0 Å². The molecule has 1 aromatic heterocycles. The molecule has 0 fully saturated rings. The average molecular weight is 318 g/mol. The highest BCUT2D eigenvalue weighted by Crippen LogP contribution is 2.23. The van der Waals surface area contributed by atoms with Gasteiger partial charge < -0.3 is 0 Å². The Labute approximate surface area is 132 Å². The summed E-state index contributed by atoms with van der Waals surface area (Å²) in [5.74, 6) is 0. The second-order valence-electron chi connectivity index (χ2n) is 6.28. The molecule has 0 aliphatic carbocycles. The quantitative estimate of drug-likeness (QED) is 0.922. The molecule has 0 saturated heterocycles. The van der Waals surface area contributed by atoms with Crippen LogP contribution in [0.2, 0.25) is 0 Å². The van der Waals surface area contributed by atoms with E-state index in [4.69, 9.17) is 0 Å². The van der Waals surface area contributed by atoms with Crippen LogP contribution in [0.4, 0.5) is 0 Å². The van der Waals surface area contributed by atoms with Gasteiger partial charge in [0.05, 0.1) is 4.90 Å². The van der Waals surface area contributed by atoms with Crippen molar-refractivity contribution in [2.45, 2.75) is 37.5 Å². The van der Waals surface area contributed by atoms with Gasteiger partial charge in [0, 0.05) is 18.9 Å². The van der Waals surface area contributed by atoms with Gasteiger partial charge in [0.2, 0.25) is 10.0 Å². The summed E-state index contributed by atoms with van der Waals surface area (Å²) < 4.78 is 27.1. The van der Waals surface area contributed by atoms with Gasteiger partial charge in [-0.15, -0.1) is 0 Å². The molecule has 118 valence electrons. The van der Waals surface area contributed by atoms with Crippen LogP contribution in [0.15, 0.2) is 53.7 Å². The minimum absolute atomic E-state index is 0.00995. The van der Waals surface area contributed by atoms with Gasteiger partial charge in [-0.1, -0.05) is 39.0 Å². The monoisotopic (exact) mass is 318 g/mol. The summed E-state index contributed by atoms with van der Waals surface area (Å²) in [7, 11) is -3.46. The highest BCUT2D eigenvalue weighted by molar-refractivity contribution is 7.89. The van der Waals surface area contributed by atoms with Crippen molar-refractivity contribution in [2.75, 3.05) is 6.54 Å². The highest BCUT2D eigenvalue weighted by Gasteiger charge is 2.17. The Morgan fingerprint density at radius 1 is 1.09 bits per heavy atom. The molecule has 22 heavy (non-hydrogen) atoms. The third kappa shape index (κ3) is 4.39. The Hall–Kier alpha value is -1.72. The first kappa shape index (κ1) is 16.6. The van der Waals surface area contributed by atoms with Gasteiger partial charge in [0.15, 0.2) is 0 Å². The number of rotatable bonds is 5. The average Bonchev–Trinajstić information content (AvgIpc) is 2.47. The van der Waals surface area contributed by atoms with Crippen molar-refractivity contribution in [3.63, 3.8) is 0 Å². The first-order valence-corrected chi connectivity index (χ1v) is 8.76. The van der Waals surface area contributed by atoms with Crippen molar-refractivity contribution >= 4 is 10.0 Å². The van der Waals surface area contributed by atoms with E-state index >= 15 is 0 Å². The fourth-order valence-electron chi connectivity index (χ4n) is 2.09. The molecule has 5 heteroatoms. The third-order valence-electron chi connectivity index (χ3n) is 3.46. The lowest BCUT2D eigenvalue weighted by molar-refractivity contribution is 0.578. The molecule has 0 amide bonds. The minimum atomic E-state index is -3.46. The molecular formula is C17H22N2O2S. The maximum atomic E-state index is 12.3. The van der Waals surface area contributed by atoms with Crippen LogP contribution in [0.3, 0.4) is 0 Å². The Kier molecular flexibility index (Phi) is 4.98. The third-order valence-corrected chi connectivity index (χ3v) is 4.94. The van der Waals surface area contributed by atoms with Gasteiger partial charge in [0.25, 0.3) is 0 Å². The normalized spacial score (nSPS) is 12.3. The Bertz CT molecular complexity index is 703. The molecule has 0 saturated carbocycles. The van der Waals surface area contributed by atoms with Crippen molar-refractivity contribution in [2.24, 2.45) is 0 Å². The van der Waals surface area contributed by atoms with Gasteiger partial charge in [-0.25, -0.2) is 13.1 Å². The Balaban J connectivity index is 2.01. The second kappa shape index (κ2) is 6.58. The molecule has 0 unspecified atom stereocenters. The molecule has 0 radical (unpaired) electrons. The zero-order valence-electron chi connectivity index (χ0n) is 13.2. The molecule has 0 bridgehead atoms. The second-order valence-corrected chi connectivity index (χ2v) is 8.05. The molecule has 0 spiro atoms. The number of sulfonamides is 1. The predicted octanol–water partition coefficient (Wildman–Crippen LogP) is 2.90. The standard InChI is InChI=1S/C17H22N2O2S/c1-17(2,3)15-6-8-16(9-7-15)22(20,21)19-12-10-14-5-4-11-18-13-14/h4-9,11,13,19H,10,12H2,1-3H3. The van der Waals surface area contributed by atoms with Gasteiger partial charge in [-0.2, -0.15) is 0 Å². The number of aromatic nitrogens is 1. The maximum Gasteiger partial charge on any atom is 0.240 e. The van der Waals surface area contributed by atoms with Crippen LogP contribution >= 0.6 is 0 Å². The summed E-state index contributed by atoms with van der Waals surface area (Å²) in [6.45, 7) is 6.66. The largest absolute Gasteiger partial charge is 0.264 e. The van der Waals surface area contributed by atoms with E-state index in [0.29, 0.717) is 17.9 Å². The number of hydrogen-bond acceptors (Lipinski definition) is 3. The molecule has 4 nitrogen and oxygen atoms in total. The summed E-state index contributed by atoms with van der Waals surface area (Å²) in [6.07, 6.45) is 4.06. The summed E-state index contributed by atoms with van der Waals surface area (Å²) in [6, 6.07) is 10.8. The van der Waals surface area contributed by atoms with Crippen LogP contribution in [0.1, 0.15) is 31.9 Å².